The van der Waals surface area contributed by atoms with Gasteiger partial charge in [0.2, 0.25) is 0 Å². The van der Waals surface area contributed by atoms with Crippen LogP contribution < -0.4 is 10.2 Å². The Morgan fingerprint density at radius 1 is 1.37 bits per heavy atom. The molecule has 2 rings (SSSR count). The minimum absolute atomic E-state index is 0.0573. The zero-order valence-corrected chi connectivity index (χ0v) is 12.3. The van der Waals surface area contributed by atoms with Gasteiger partial charge in [-0.05, 0) is 12.1 Å². The van der Waals surface area contributed by atoms with Gasteiger partial charge in [-0.3, -0.25) is 0 Å². The van der Waals surface area contributed by atoms with E-state index in [4.69, 9.17) is 28.3 Å². The highest BCUT2D eigenvalue weighted by Crippen LogP contribution is 2.37. The van der Waals surface area contributed by atoms with Gasteiger partial charge >= 0.3 is 0 Å². The summed E-state index contributed by atoms with van der Waals surface area (Å²) in [7, 11) is 3.68. The van der Waals surface area contributed by atoms with Crippen LogP contribution in [0.2, 0.25) is 10.0 Å². The predicted molar refractivity (Wildman–Crippen MR) is 81.7 cm³/mol. The Kier molecular flexibility index (Phi) is 4.34. The van der Waals surface area contributed by atoms with Crippen molar-refractivity contribution in [3.63, 3.8) is 0 Å². The molecule has 0 aliphatic heterocycles. The first-order chi connectivity index (χ1) is 9.08. The largest absolute Gasteiger partial charge is 0.395 e. The van der Waals surface area contributed by atoms with Crippen molar-refractivity contribution in [2.24, 2.45) is 0 Å². The number of benzene rings is 1. The lowest BCUT2D eigenvalue weighted by Gasteiger charge is -2.20. The van der Waals surface area contributed by atoms with Crippen LogP contribution in [0.1, 0.15) is 0 Å². The SMILES string of the molecule is CNc1cnc(N(C)CCO)c2cc(Cl)cc(Cl)c12. The number of hydrogen-bond donors (Lipinski definition) is 2. The molecular weight excluding hydrogens is 285 g/mol. The van der Waals surface area contributed by atoms with Crippen LogP contribution in [0.3, 0.4) is 0 Å². The summed E-state index contributed by atoms with van der Waals surface area (Å²) >= 11 is 12.4. The van der Waals surface area contributed by atoms with Crippen molar-refractivity contribution < 1.29 is 5.11 Å². The fourth-order valence-corrected chi connectivity index (χ4v) is 2.63. The number of nitrogens with zero attached hydrogens (tertiary/aromatic N) is 2. The number of rotatable bonds is 4. The van der Waals surface area contributed by atoms with E-state index in [1.807, 2.05) is 25.1 Å². The summed E-state index contributed by atoms with van der Waals surface area (Å²) < 4.78 is 0. The summed E-state index contributed by atoms with van der Waals surface area (Å²) in [6, 6.07) is 3.54. The Labute approximate surface area is 122 Å². The molecule has 0 atom stereocenters. The average molecular weight is 300 g/mol. The molecule has 0 saturated heterocycles. The van der Waals surface area contributed by atoms with Gasteiger partial charge in [0.15, 0.2) is 0 Å². The van der Waals surface area contributed by atoms with Crippen molar-refractivity contribution >= 4 is 45.5 Å². The summed E-state index contributed by atoms with van der Waals surface area (Å²) in [6.45, 7) is 0.548. The van der Waals surface area contributed by atoms with Crippen molar-refractivity contribution in [2.75, 3.05) is 37.5 Å². The van der Waals surface area contributed by atoms with E-state index in [9.17, 15) is 0 Å². The second-order valence-electron chi connectivity index (χ2n) is 4.20. The lowest BCUT2D eigenvalue weighted by molar-refractivity contribution is 0.304. The van der Waals surface area contributed by atoms with E-state index in [1.165, 1.54) is 0 Å². The van der Waals surface area contributed by atoms with Crippen LogP contribution in [0.25, 0.3) is 10.8 Å². The predicted octanol–water partition coefficient (Wildman–Crippen LogP) is 3.01. The zero-order valence-electron chi connectivity index (χ0n) is 10.7. The lowest BCUT2D eigenvalue weighted by Crippen LogP contribution is -2.22. The second-order valence-corrected chi connectivity index (χ2v) is 5.04. The smallest absolute Gasteiger partial charge is 0.136 e. The molecule has 1 heterocycles. The molecule has 6 heteroatoms. The summed E-state index contributed by atoms with van der Waals surface area (Å²) in [5.74, 6) is 0.743. The van der Waals surface area contributed by atoms with Crippen molar-refractivity contribution in [3.8, 4) is 0 Å². The Bertz CT molecular complexity index is 604. The fraction of sp³-hybridized carbons (Fsp3) is 0.308. The third kappa shape index (κ3) is 2.71. The molecular formula is C13H15Cl2N3O. The minimum atomic E-state index is 0.0573. The normalized spacial score (nSPS) is 10.8. The first kappa shape index (κ1) is 14.2. The van der Waals surface area contributed by atoms with Gasteiger partial charge < -0.3 is 15.3 Å². The second kappa shape index (κ2) is 5.82. The molecule has 19 heavy (non-hydrogen) atoms. The quantitative estimate of drug-likeness (QED) is 0.911. The van der Waals surface area contributed by atoms with Gasteiger partial charge in [0.25, 0.3) is 0 Å². The Hall–Kier alpha value is -1.23. The molecule has 102 valence electrons. The molecule has 0 aliphatic rings. The van der Waals surface area contributed by atoms with Crippen LogP contribution in [0.15, 0.2) is 18.3 Å². The number of pyridine rings is 1. The topological polar surface area (TPSA) is 48.4 Å². The third-order valence-electron chi connectivity index (χ3n) is 2.95. The van der Waals surface area contributed by atoms with Gasteiger partial charge in [-0.25, -0.2) is 4.98 Å². The van der Waals surface area contributed by atoms with Crippen LogP contribution in [0, 0.1) is 0 Å². The van der Waals surface area contributed by atoms with Crippen LogP contribution in [-0.4, -0.2) is 37.3 Å². The highest BCUT2D eigenvalue weighted by molar-refractivity contribution is 6.40. The maximum absolute atomic E-state index is 9.05. The maximum atomic E-state index is 9.05. The Morgan fingerprint density at radius 2 is 2.11 bits per heavy atom. The number of nitrogens with one attached hydrogen (secondary N) is 1. The van der Waals surface area contributed by atoms with Gasteiger partial charge in [-0.2, -0.15) is 0 Å². The number of likely N-dealkylation sites (N-methyl/N-ethyl adjacent to an activating group) is 1. The maximum Gasteiger partial charge on any atom is 0.136 e. The van der Waals surface area contributed by atoms with Crippen molar-refractivity contribution in [1.82, 2.24) is 4.98 Å². The molecule has 0 radical (unpaired) electrons. The molecule has 0 amide bonds. The van der Waals surface area contributed by atoms with Crippen LogP contribution in [-0.2, 0) is 0 Å². The molecule has 2 N–H and O–H groups in total. The monoisotopic (exact) mass is 299 g/mol. The Balaban J connectivity index is 2.73. The number of hydrogen-bond acceptors (Lipinski definition) is 4. The third-order valence-corrected chi connectivity index (χ3v) is 3.46. The average Bonchev–Trinajstić information content (AvgIpc) is 2.37. The summed E-state index contributed by atoms with van der Waals surface area (Å²) in [5, 5.41) is 15.0. The highest BCUT2D eigenvalue weighted by Gasteiger charge is 2.14. The van der Waals surface area contributed by atoms with E-state index < -0.39 is 0 Å². The number of aromatic nitrogens is 1. The fourth-order valence-electron chi connectivity index (χ4n) is 2.03. The molecule has 0 saturated carbocycles. The first-order valence-corrected chi connectivity index (χ1v) is 6.61. The van der Waals surface area contributed by atoms with Gasteiger partial charge in [0.05, 0.1) is 23.5 Å². The number of anilines is 2. The molecule has 0 spiro atoms. The molecule has 1 aromatic heterocycles. The highest BCUT2D eigenvalue weighted by atomic mass is 35.5. The van der Waals surface area contributed by atoms with Crippen LogP contribution in [0.5, 0.6) is 0 Å². The number of halogens is 2. The Morgan fingerprint density at radius 3 is 2.74 bits per heavy atom. The van der Waals surface area contributed by atoms with Crippen molar-refractivity contribution in [3.05, 3.63) is 28.4 Å². The van der Waals surface area contributed by atoms with E-state index in [0.29, 0.717) is 16.6 Å². The van der Waals surface area contributed by atoms with Gasteiger partial charge in [0.1, 0.15) is 5.82 Å². The van der Waals surface area contributed by atoms with Gasteiger partial charge in [-0.15, -0.1) is 0 Å². The van der Waals surface area contributed by atoms with Crippen molar-refractivity contribution in [1.29, 1.82) is 0 Å². The molecule has 0 bridgehead atoms. The molecule has 0 fully saturated rings. The van der Waals surface area contributed by atoms with E-state index in [1.54, 1.807) is 12.3 Å². The van der Waals surface area contributed by atoms with E-state index in [-0.39, 0.29) is 6.61 Å². The number of fused-ring (bicyclic) bond motifs is 1. The summed E-state index contributed by atoms with van der Waals surface area (Å²) in [4.78, 5) is 6.28. The van der Waals surface area contributed by atoms with E-state index in [0.717, 1.165) is 22.3 Å². The first-order valence-electron chi connectivity index (χ1n) is 5.86. The molecule has 4 nitrogen and oxygen atoms in total. The van der Waals surface area contributed by atoms with Crippen LogP contribution in [0.4, 0.5) is 11.5 Å². The number of aliphatic hydroxyl groups is 1. The summed E-state index contributed by atoms with van der Waals surface area (Å²) in [5.41, 5.74) is 0.845. The van der Waals surface area contributed by atoms with Gasteiger partial charge in [-0.1, -0.05) is 23.2 Å². The molecule has 2 aromatic rings. The summed E-state index contributed by atoms with van der Waals surface area (Å²) in [6.07, 6.45) is 1.73. The standard InChI is InChI=1S/C13H15Cl2N3O/c1-16-11-7-17-13(18(2)3-4-19)9-5-8(14)6-10(15)12(9)11/h5-7,16,19H,3-4H2,1-2H3. The molecule has 0 aliphatic carbocycles. The molecule has 1 aromatic carbocycles. The molecule has 0 unspecified atom stereocenters. The van der Waals surface area contributed by atoms with Crippen LogP contribution >= 0.6 is 23.2 Å². The van der Waals surface area contributed by atoms with Gasteiger partial charge in [0, 0.05) is 36.4 Å². The van der Waals surface area contributed by atoms with E-state index in [2.05, 4.69) is 10.3 Å². The van der Waals surface area contributed by atoms with Crippen molar-refractivity contribution in [2.45, 2.75) is 0 Å². The van der Waals surface area contributed by atoms with E-state index >= 15 is 0 Å². The minimum Gasteiger partial charge on any atom is -0.395 e. The number of aliphatic hydroxyl groups excluding tert-OH is 1. The zero-order chi connectivity index (χ0) is 14.0. The lowest BCUT2D eigenvalue weighted by atomic mass is 10.1.